The monoisotopic (exact) mass is 291 g/mol. The predicted molar refractivity (Wildman–Crippen MR) is 82.9 cm³/mol. The standard InChI is InChI=1S/C17H25NO3/c1-12-6-5-7-13(2)18(12)17(19)11-14-8-9-15(20-3)16(10-14)21-4/h8-10,12-13H,5-7,11H2,1-4H3. The molecule has 4 heteroatoms. The predicted octanol–water partition coefficient (Wildman–Crippen LogP) is 3.04. The maximum Gasteiger partial charge on any atom is 0.227 e. The Balaban J connectivity index is 2.11. The minimum atomic E-state index is 0.196. The third kappa shape index (κ3) is 3.49. The highest BCUT2D eigenvalue weighted by Gasteiger charge is 2.28. The lowest BCUT2D eigenvalue weighted by molar-refractivity contribution is -0.136. The van der Waals surface area contributed by atoms with E-state index in [0.29, 0.717) is 30.0 Å². The lowest BCUT2D eigenvalue weighted by Gasteiger charge is -2.39. The summed E-state index contributed by atoms with van der Waals surface area (Å²) in [4.78, 5) is 14.6. The van der Waals surface area contributed by atoms with Gasteiger partial charge in [0, 0.05) is 12.1 Å². The number of hydrogen-bond donors (Lipinski definition) is 0. The van der Waals surface area contributed by atoms with E-state index in [1.807, 2.05) is 23.1 Å². The number of amides is 1. The van der Waals surface area contributed by atoms with Crippen LogP contribution in [0.25, 0.3) is 0 Å². The van der Waals surface area contributed by atoms with E-state index in [1.54, 1.807) is 14.2 Å². The van der Waals surface area contributed by atoms with Gasteiger partial charge in [-0.2, -0.15) is 0 Å². The van der Waals surface area contributed by atoms with Gasteiger partial charge in [0.05, 0.1) is 20.6 Å². The van der Waals surface area contributed by atoms with E-state index in [-0.39, 0.29) is 5.91 Å². The number of benzene rings is 1. The van der Waals surface area contributed by atoms with Crippen LogP contribution in [0.2, 0.25) is 0 Å². The van der Waals surface area contributed by atoms with Crippen molar-refractivity contribution in [1.29, 1.82) is 0 Å². The summed E-state index contributed by atoms with van der Waals surface area (Å²) in [7, 11) is 3.22. The fraction of sp³-hybridized carbons (Fsp3) is 0.588. The molecule has 0 radical (unpaired) electrons. The highest BCUT2D eigenvalue weighted by atomic mass is 16.5. The Morgan fingerprint density at radius 2 is 1.76 bits per heavy atom. The molecule has 1 aliphatic rings. The van der Waals surface area contributed by atoms with Crippen molar-refractivity contribution in [2.24, 2.45) is 0 Å². The van der Waals surface area contributed by atoms with Gasteiger partial charge < -0.3 is 14.4 Å². The molecule has 0 aliphatic carbocycles. The largest absolute Gasteiger partial charge is 0.493 e. The van der Waals surface area contributed by atoms with E-state index < -0.39 is 0 Å². The fourth-order valence-electron chi connectivity index (χ4n) is 3.17. The molecule has 2 atom stereocenters. The van der Waals surface area contributed by atoms with Crippen LogP contribution in [0.5, 0.6) is 11.5 Å². The summed E-state index contributed by atoms with van der Waals surface area (Å²) < 4.78 is 10.5. The molecule has 0 saturated carbocycles. The molecule has 1 heterocycles. The van der Waals surface area contributed by atoms with Crippen LogP contribution in [-0.2, 0) is 11.2 Å². The van der Waals surface area contributed by atoms with Crippen LogP contribution in [0.4, 0.5) is 0 Å². The van der Waals surface area contributed by atoms with Crippen molar-refractivity contribution in [3.8, 4) is 11.5 Å². The normalized spacial score (nSPS) is 22.0. The van der Waals surface area contributed by atoms with Crippen molar-refractivity contribution in [3.63, 3.8) is 0 Å². The van der Waals surface area contributed by atoms with Gasteiger partial charge in [-0.25, -0.2) is 0 Å². The number of piperidine rings is 1. The number of rotatable bonds is 4. The summed E-state index contributed by atoms with van der Waals surface area (Å²) in [6, 6.07) is 6.33. The lowest BCUT2D eigenvalue weighted by atomic mass is 9.96. The maximum atomic E-state index is 12.6. The molecule has 0 bridgehead atoms. The number of carbonyl (C=O) groups is 1. The van der Waals surface area contributed by atoms with Gasteiger partial charge >= 0.3 is 0 Å². The molecule has 0 N–H and O–H groups in total. The summed E-state index contributed by atoms with van der Waals surface area (Å²) in [6.07, 6.45) is 3.82. The molecule has 2 unspecified atom stereocenters. The number of methoxy groups -OCH3 is 2. The smallest absolute Gasteiger partial charge is 0.227 e. The molecule has 1 amide bonds. The Labute approximate surface area is 127 Å². The van der Waals surface area contributed by atoms with Crippen molar-refractivity contribution in [2.45, 2.75) is 51.6 Å². The molecule has 1 fully saturated rings. The van der Waals surface area contributed by atoms with Crippen LogP contribution >= 0.6 is 0 Å². The van der Waals surface area contributed by atoms with Crippen molar-refractivity contribution in [1.82, 2.24) is 4.90 Å². The highest BCUT2D eigenvalue weighted by Crippen LogP contribution is 2.29. The Morgan fingerprint density at radius 3 is 2.33 bits per heavy atom. The summed E-state index contributed by atoms with van der Waals surface area (Å²) in [5.41, 5.74) is 0.961. The van der Waals surface area contributed by atoms with E-state index >= 15 is 0 Å². The summed E-state index contributed by atoms with van der Waals surface area (Å²) >= 11 is 0. The average molecular weight is 291 g/mol. The molecule has 0 aromatic heterocycles. The van der Waals surface area contributed by atoms with Gasteiger partial charge in [-0.1, -0.05) is 6.07 Å². The van der Waals surface area contributed by atoms with Crippen molar-refractivity contribution >= 4 is 5.91 Å². The second kappa shape index (κ2) is 6.83. The third-order valence-corrected chi connectivity index (χ3v) is 4.28. The van der Waals surface area contributed by atoms with Crippen LogP contribution in [0, 0.1) is 0 Å². The van der Waals surface area contributed by atoms with Crippen LogP contribution in [0.3, 0.4) is 0 Å². The second-order valence-corrected chi connectivity index (χ2v) is 5.80. The minimum Gasteiger partial charge on any atom is -0.493 e. The molecular weight excluding hydrogens is 266 g/mol. The Bertz CT molecular complexity index is 491. The molecule has 4 nitrogen and oxygen atoms in total. The number of hydrogen-bond acceptors (Lipinski definition) is 3. The molecule has 1 aromatic carbocycles. The van der Waals surface area contributed by atoms with Crippen molar-refractivity contribution in [2.75, 3.05) is 14.2 Å². The van der Waals surface area contributed by atoms with E-state index in [4.69, 9.17) is 9.47 Å². The lowest BCUT2D eigenvalue weighted by Crippen LogP contribution is -2.48. The van der Waals surface area contributed by atoms with Crippen molar-refractivity contribution in [3.05, 3.63) is 23.8 Å². The second-order valence-electron chi connectivity index (χ2n) is 5.80. The highest BCUT2D eigenvalue weighted by molar-refractivity contribution is 5.79. The zero-order valence-corrected chi connectivity index (χ0v) is 13.4. The van der Waals surface area contributed by atoms with Gasteiger partial charge in [-0.15, -0.1) is 0 Å². The molecule has 2 rings (SSSR count). The van der Waals surface area contributed by atoms with E-state index in [2.05, 4.69) is 13.8 Å². The molecule has 116 valence electrons. The van der Waals surface area contributed by atoms with Gasteiger partial charge in [0.25, 0.3) is 0 Å². The maximum absolute atomic E-state index is 12.6. The Hall–Kier alpha value is -1.71. The van der Waals surface area contributed by atoms with Crippen LogP contribution in [0.1, 0.15) is 38.7 Å². The van der Waals surface area contributed by atoms with Gasteiger partial charge in [-0.05, 0) is 50.8 Å². The summed E-state index contributed by atoms with van der Waals surface area (Å²) in [5.74, 6) is 1.55. The molecular formula is C17H25NO3. The Morgan fingerprint density at radius 1 is 1.14 bits per heavy atom. The van der Waals surface area contributed by atoms with E-state index in [0.717, 1.165) is 18.4 Å². The van der Waals surface area contributed by atoms with Gasteiger partial charge in [0.15, 0.2) is 11.5 Å². The number of carbonyl (C=O) groups excluding carboxylic acids is 1. The topological polar surface area (TPSA) is 38.8 Å². The number of ether oxygens (including phenoxy) is 2. The van der Waals surface area contributed by atoms with Crippen LogP contribution < -0.4 is 9.47 Å². The fourth-order valence-corrected chi connectivity index (χ4v) is 3.17. The Kier molecular flexibility index (Phi) is 5.10. The molecule has 1 saturated heterocycles. The summed E-state index contributed by atoms with van der Waals surface area (Å²) in [6.45, 7) is 4.28. The first-order valence-corrected chi connectivity index (χ1v) is 7.59. The quantitative estimate of drug-likeness (QED) is 0.856. The van der Waals surface area contributed by atoms with Crippen LogP contribution in [-0.4, -0.2) is 37.1 Å². The van der Waals surface area contributed by atoms with Gasteiger partial charge in [-0.3, -0.25) is 4.79 Å². The van der Waals surface area contributed by atoms with Gasteiger partial charge in [0.1, 0.15) is 0 Å². The molecule has 0 spiro atoms. The van der Waals surface area contributed by atoms with E-state index in [1.165, 1.54) is 6.42 Å². The average Bonchev–Trinajstić information content (AvgIpc) is 2.46. The molecule has 1 aliphatic heterocycles. The van der Waals surface area contributed by atoms with Crippen LogP contribution in [0.15, 0.2) is 18.2 Å². The molecule has 21 heavy (non-hydrogen) atoms. The third-order valence-electron chi connectivity index (χ3n) is 4.28. The zero-order valence-electron chi connectivity index (χ0n) is 13.4. The molecule has 1 aromatic rings. The first-order chi connectivity index (χ1) is 10.1. The van der Waals surface area contributed by atoms with Gasteiger partial charge in [0.2, 0.25) is 5.91 Å². The summed E-state index contributed by atoms with van der Waals surface area (Å²) in [5, 5.41) is 0. The van der Waals surface area contributed by atoms with E-state index in [9.17, 15) is 4.79 Å². The SMILES string of the molecule is COc1ccc(CC(=O)N2C(C)CCCC2C)cc1OC. The first kappa shape index (κ1) is 15.7. The minimum absolute atomic E-state index is 0.196. The number of likely N-dealkylation sites (tertiary alicyclic amines) is 1. The number of nitrogens with zero attached hydrogens (tertiary/aromatic N) is 1. The first-order valence-electron chi connectivity index (χ1n) is 7.59. The van der Waals surface area contributed by atoms with Crippen molar-refractivity contribution < 1.29 is 14.3 Å². The zero-order chi connectivity index (χ0) is 15.4.